The van der Waals surface area contributed by atoms with E-state index in [0.29, 0.717) is 0 Å². The second-order valence-electron chi connectivity index (χ2n) is 4.04. The van der Waals surface area contributed by atoms with Crippen molar-refractivity contribution >= 4 is 15.9 Å². The zero-order valence-electron chi connectivity index (χ0n) is 11.6. The van der Waals surface area contributed by atoms with Crippen LogP contribution < -0.4 is 5.32 Å². The molecule has 1 aromatic rings. The Labute approximate surface area is 122 Å². The van der Waals surface area contributed by atoms with Crippen LogP contribution in [0.4, 0.5) is 4.39 Å². The minimum Gasteiger partial charge on any atom is -0.384 e. The van der Waals surface area contributed by atoms with Gasteiger partial charge in [-0.05, 0) is 18.2 Å². The lowest BCUT2D eigenvalue weighted by atomic mass is 10.2. The summed E-state index contributed by atoms with van der Waals surface area (Å²) in [7, 11) is -1.36. The number of carbonyl (C=O) groups excluding carboxylic acids is 1. The highest BCUT2D eigenvalue weighted by Crippen LogP contribution is 2.17. The number of halogens is 1. The Morgan fingerprint density at radius 2 is 2.14 bits per heavy atom. The largest absolute Gasteiger partial charge is 0.384 e. The summed E-state index contributed by atoms with van der Waals surface area (Å²) in [5, 5.41) is 10.8. The summed E-state index contributed by atoms with van der Waals surface area (Å²) in [4.78, 5) is 10.9. The molecule has 0 aliphatic heterocycles. The van der Waals surface area contributed by atoms with Gasteiger partial charge in [0, 0.05) is 14.1 Å². The van der Waals surface area contributed by atoms with Crippen molar-refractivity contribution in [2.24, 2.45) is 0 Å². The summed E-state index contributed by atoms with van der Waals surface area (Å²) in [6.07, 6.45) is 0. The zero-order chi connectivity index (χ0) is 16.0. The van der Waals surface area contributed by atoms with E-state index in [9.17, 15) is 17.6 Å². The Balaban J connectivity index is 3.10. The van der Waals surface area contributed by atoms with Crippen molar-refractivity contribution in [2.75, 3.05) is 27.2 Å². The first-order chi connectivity index (χ1) is 9.82. The third kappa shape index (κ3) is 4.26. The standard InChI is InChI=1S/C13H15FN2O4S/c1-15-13(18)9-16(2)21(19,20)11-6-5-10(4-3-7-17)12(14)8-11/h5-6,8,17H,7,9H2,1-2H3,(H,15,18). The number of rotatable bonds is 4. The van der Waals surface area contributed by atoms with Gasteiger partial charge in [-0.25, -0.2) is 12.8 Å². The summed E-state index contributed by atoms with van der Waals surface area (Å²) < 4.78 is 38.9. The number of sulfonamides is 1. The number of likely N-dealkylation sites (N-methyl/N-ethyl adjacent to an activating group) is 2. The molecule has 0 saturated carbocycles. The summed E-state index contributed by atoms with van der Waals surface area (Å²) >= 11 is 0. The molecule has 21 heavy (non-hydrogen) atoms. The number of aliphatic hydroxyl groups excluding tert-OH is 1. The predicted molar refractivity (Wildman–Crippen MR) is 74.2 cm³/mol. The fourth-order valence-electron chi connectivity index (χ4n) is 1.44. The van der Waals surface area contributed by atoms with Crippen LogP contribution in [-0.4, -0.2) is 51.0 Å². The van der Waals surface area contributed by atoms with Crippen LogP contribution in [0.1, 0.15) is 5.56 Å². The maximum Gasteiger partial charge on any atom is 0.243 e. The normalized spacial score (nSPS) is 10.9. The molecule has 8 heteroatoms. The minimum atomic E-state index is -3.97. The number of amides is 1. The van der Waals surface area contributed by atoms with Crippen molar-refractivity contribution < 1.29 is 22.7 Å². The molecule has 2 N–H and O–H groups in total. The predicted octanol–water partition coefficient (Wildman–Crippen LogP) is -0.464. The molecule has 1 amide bonds. The molecule has 0 spiro atoms. The monoisotopic (exact) mass is 314 g/mol. The van der Waals surface area contributed by atoms with E-state index >= 15 is 0 Å². The lowest BCUT2D eigenvalue weighted by Gasteiger charge is -2.16. The molecule has 0 aliphatic carbocycles. The first-order valence-electron chi connectivity index (χ1n) is 5.89. The average molecular weight is 314 g/mol. The smallest absolute Gasteiger partial charge is 0.243 e. The first kappa shape index (κ1) is 17.1. The van der Waals surface area contributed by atoms with E-state index in [0.717, 1.165) is 10.4 Å². The lowest BCUT2D eigenvalue weighted by molar-refractivity contribution is -0.120. The molecule has 0 heterocycles. The third-order valence-corrected chi connectivity index (χ3v) is 4.40. The van der Waals surface area contributed by atoms with E-state index < -0.39 is 28.4 Å². The van der Waals surface area contributed by atoms with Crippen LogP contribution in [-0.2, 0) is 14.8 Å². The molecule has 0 aliphatic rings. The van der Waals surface area contributed by atoms with Crippen LogP contribution in [0.2, 0.25) is 0 Å². The molecule has 114 valence electrons. The second kappa shape index (κ2) is 7.17. The molecule has 0 aromatic heterocycles. The molecule has 1 rings (SSSR count). The van der Waals surface area contributed by atoms with E-state index in [4.69, 9.17) is 5.11 Å². The number of nitrogens with one attached hydrogen (secondary N) is 1. The highest BCUT2D eigenvalue weighted by Gasteiger charge is 2.23. The molecule has 6 nitrogen and oxygen atoms in total. The topological polar surface area (TPSA) is 86.7 Å². The van der Waals surface area contributed by atoms with Crippen molar-refractivity contribution in [1.29, 1.82) is 0 Å². The van der Waals surface area contributed by atoms with Gasteiger partial charge in [-0.15, -0.1) is 0 Å². The van der Waals surface area contributed by atoms with Crippen LogP contribution >= 0.6 is 0 Å². The first-order valence-corrected chi connectivity index (χ1v) is 7.33. The van der Waals surface area contributed by atoms with E-state index in [2.05, 4.69) is 17.2 Å². The SMILES string of the molecule is CNC(=O)CN(C)S(=O)(=O)c1ccc(C#CCO)c(F)c1. The van der Waals surface area contributed by atoms with Crippen LogP contribution in [0.15, 0.2) is 23.1 Å². The van der Waals surface area contributed by atoms with Crippen molar-refractivity contribution in [3.63, 3.8) is 0 Å². The fourth-order valence-corrected chi connectivity index (χ4v) is 2.58. The number of hydrogen-bond acceptors (Lipinski definition) is 4. The highest BCUT2D eigenvalue weighted by atomic mass is 32.2. The molecule has 0 bridgehead atoms. The van der Waals surface area contributed by atoms with Crippen LogP contribution in [0, 0.1) is 17.7 Å². The van der Waals surface area contributed by atoms with Crippen LogP contribution in [0.5, 0.6) is 0 Å². The Kier molecular flexibility index (Phi) is 5.84. The Bertz CT molecular complexity index is 692. The lowest BCUT2D eigenvalue weighted by Crippen LogP contribution is -2.36. The van der Waals surface area contributed by atoms with Crippen LogP contribution in [0.25, 0.3) is 0 Å². The van der Waals surface area contributed by atoms with Gasteiger partial charge in [0.1, 0.15) is 12.4 Å². The van der Waals surface area contributed by atoms with Gasteiger partial charge < -0.3 is 10.4 Å². The average Bonchev–Trinajstić information content (AvgIpc) is 2.45. The molecule has 0 unspecified atom stereocenters. The number of benzene rings is 1. The maximum absolute atomic E-state index is 13.7. The van der Waals surface area contributed by atoms with Crippen LogP contribution in [0.3, 0.4) is 0 Å². The van der Waals surface area contributed by atoms with E-state index in [-0.39, 0.29) is 17.0 Å². The number of hydrogen-bond donors (Lipinski definition) is 2. The minimum absolute atomic E-state index is 0.0167. The van der Waals surface area contributed by atoms with Gasteiger partial charge in [-0.3, -0.25) is 4.79 Å². The molecule has 1 aromatic carbocycles. The molecule has 0 atom stereocenters. The van der Waals surface area contributed by atoms with Gasteiger partial charge in [-0.2, -0.15) is 4.31 Å². The van der Waals surface area contributed by atoms with E-state index in [1.807, 2.05) is 0 Å². The van der Waals surface area contributed by atoms with E-state index in [1.165, 1.54) is 26.2 Å². The maximum atomic E-state index is 13.7. The summed E-state index contributed by atoms with van der Waals surface area (Å²) in [6.45, 7) is -0.791. The Hall–Kier alpha value is -1.95. The highest BCUT2D eigenvalue weighted by molar-refractivity contribution is 7.89. The van der Waals surface area contributed by atoms with Gasteiger partial charge in [-0.1, -0.05) is 11.8 Å². The van der Waals surface area contributed by atoms with Crippen molar-refractivity contribution in [1.82, 2.24) is 9.62 Å². The molecular formula is C13H15FN2O4S. The summed E-state index contributed by atoms with van der Waals surface area (Å²) in [5.41, 5.74) is -0.0167. The zero-order valence-corrected chi connectivity index (χ0v) is 12.4. The quantitative estimate of drug-likeness (QED) is 0.736. The third-order valence-electron chi connectivity index (χ3n) is 2.60. The second-order valence-corrected chi connectivity index (χ2v) is 6.08. The summed E-state index contributed by atoms with van der Waals surface area (Å²) in [6, 6.07) is 3.23. The van der Waals surface area contributed by atoms with Crippen molar-refractivity contribution in [3.05, 3.63) is 29.6 Å². The van der Waals surface area contributed by atoms with Gasteiger partial charge in [0.25, 0.3) is 0 Å². The number of carbonyl (C=O) groups is 1. The van der Waals surface area contributed by atoms with Crippen molar-refractivity contribution in [2.45, 2.75) is 4.90 Å². The fraction of sp³-hybridized carbons (Fsp3) is 0.308. The number of nitrogens with zero attached hydrogens (tertiary/aromatic N) is 1. The molecule has 0 fully saturated rings. The van der Waals surface area contributed by atoms with Gasteiger partial charge >= 0.3 is 0 Å². The molecule has 0 saturated heterocycles. The number of aliphatic hydroxyl groups is 1. The van der Waals surface area contributed by atoms with E-state index in [1.54, 1.807) is 0 Å². The van der Waals surface area contributed by atoms with Gasteiger partial charge in [0.2, 0.25) is 15.9 Å². The summed E-state index contributed by atoms with van der Waals surface area (Å²) in [5.74, 6) is 3.34. The van der Waals surface area contributed by atoms with Crippen molar-refractivity contribution in [3.8, 4) is 11.8 Å². The van der Waals surface area contributed by atoms with Gasteiger partial charge in [0.05, 0.1) is 17.0 Å². The Morgan fingerprint density at radius 3 is 2.67 bits per heavy atom. The van der Waals surface area contributed by atoms with Gasteiger partial charge in [0.15, 0.2) is 0 Å². The Morgan fingerprint density at radius 1 is 1.48 bits per heavy atom. The molecular weight excluding hydrogens is 299 g/mol. The molecule has 0 radical (unpaired) electrons.